The van der Waals surface area contributed by atoms with Gasteiger partial charge < -0.3 is 20.3 Å². The van der Waals surface area contributed by atoms with E-state index in [9.17, 15) is 13.6 Å². The number of benzene rings is 1. The molecule has 0 aliphatic rings. The second kappa shape index (κ2) is 6.36. The molecule has 1 aromatic rings. The smallest absolute Gasteiger partial charge is 0.410 e. The van der Waals surface area contributed by atoms with Gasteiger partial charge in [0.1, 0.15) is 0 Å². The average Bonchev–Trinajstić information content (AvgIpc) is 2.29. The quantitative estimate of drug-likeness (QED) is 0.860. The standard InChI is InChI=1S/C10H11F2NO4.ClH/c1-16-8-4-6(9(14)15)2-3-7(8)17-10(11,12)5-13;/h2-4H,5,13H2,1H3,(H,14,15);1H. The van der Waals surface area contributed by atoms with Crippen LogP contribution in [0.25, 0.3) is 0 Å². The summed E-state index contributed by atoms with van der Waals surface area (Å²) in [6.07, 6.45) is -3.53. The van der Waals surface area contributed by atoms with Crippen molar-refractivity contribution in [2.24, 2.45) is 5.73 Å². The molecule has 5 nitrogen and oxygen atoms in total. The van der Waals surface area contributed by atoms with Crippen molar-refractivity contribution >= 4 is 18.4 Å². The molecule has 0 aliphatic carbocycles. The van der Waals surface area contributed by atoms with Gasteiger partial charge in [0.25, 0.3) is 0 Å². The number of hydrogen-bond donors (Lipinski definition) is 2. The predicted octanol–water partition coefficient (Wildman–Crippen LogP) is 1.75. The topological polar surface area (TPSA) is 81.8 Å². The first-order valence-corrected chi connectivity index (χ1v) is 4.58. The Balaban J connectivity index is 0.00000289. The van der Waals surface area contributed by atoms with E-state index in [-0.39, 0.29) is 29.5 Å². The normalized spacial score (nSPS) is 10.4. The summed E-state index contributed by atoms with van der Waals surface area (Å²) in [4.78, 5) is 10.7. The van der Waals surface area contributed by atoms with E-state index in [4.69, 9.17) is 15.6 Å². The first-order valence-electron chi connectivity index (χ1n) is 4.58. The number of aromatic carboxylic acids is 1. The third-order valence-corrected chi connectivity index (χ3v) is 1.91. The number of alkyl halides is 2. The Hall–Kier alpha value is -1.60. The third kappa shape index (κ3) is 4.01. The molecule has 0 amide bonds. The van der Waals surface area contributed by atoms with Crippen LogP contribution in [-0.2, 0) is 0 Å². The molecule has 0 heterocycles. The zero-order chi connectivity index (χ0) is 13.1. The fourth-order valence-corrected chi connectivity index (χ4v) is 1.09. The molecule has 3 N–H and O–H groups in total. The van der Waals surface area contributed by atoms with Crippen molar-refractivity contribution in [2.75, 3.05) is 13.7 Å². The number of ether oxygens (including phenoxy) is 2. The Morgan fingerprint density at radius 3 is 2.50 bits per heavy atom. The Bertz CT molecular complexity index is 428. The largest absolute Gasteiger partial charge is 0.493 e. The van der Waals surface area contributed by atoms with Crippen LogP contribution < -0.4 is 15.2 Å². The van der Waals surface area contributed by atoms with Gasteiger partial charge in [0.05, 0.1) is 19.2 Å². The minimum absolute atomic E-state index is 0. The van der Waals surface area contributed by atoms with Crippen molar-refractivity contribution in [3.63, 3.8) is 0 Å². The van der Waals surface area contributed by atoms with Gasteiger partial charge in [-0.1, -0.05) is 0 Å². The SMILES string of the molecule is COc1cc(C(=O)O)ccc1OC(F)(F)CN.Cl. The molecule has 0 saturated heterocycles. The molecular formula is C10H12ClF2NO4. The molecule has 0 radical (unpaired) electrons. The van der Waals surface area contributed by atoms with E-state index < -0.39 is 18.6 Å². The lowest BCUT2D eigenvalue weighted by molar-refractivity contribution is -0.167. The Labute approximate surface area is 108 Å². The maximum absolute atomic E-state index is 12.9. The molecule has 0 aromatic heterocycles. The van der Waals surface area contributed by atoms with Gasteiger partial charge >= 0.3 is 12.1 Å². The van der Waals surface area contributed by atoms with E-state index in [0.717, 1.165) is 18.2 Å². The van der Waals surface area contributed by atoms with Crippen LogP contribution in [-0.4, -0.2) is 30.8 Å². The Morgan fingerprint density at radius 1 is 1.44 bits per heavy atom. The zero-order valence-corrected chi connectivity index (χ0v) is 10.2. The van der Waals surface area contributed by atoms with Crippen molar-refractivity contribution in [1.29, 1.82) is 0 Å². The number of carbonyl (C=O) groups is 1. The maximum atomic E-state index is 12.9. The molecule has 8 heteroatoms. The summed E-state index contributed by atoms with van der Waals surface area (Å²) >= 11 is 0. The van der Waals surface area contributed by atoms with E-state index in [1.807, 2.05) is 0 Å². The summed E-state index contributed by atoms with van der Waals surface area (Å²) < 4.78 is 34.9. The minimum Gasteiger partial charge on any atom is -0.493 e. The van der Waals surface area contributed by atoms with Crippen molar-refractivity contribution < 1.29 is 28.2 Å². The van der Waals surface area contributed by atoms with Crippen LogP contribution >= 0.6 is 12.4 Å². The van der Waals surface area contributed by atoms with Gasteiger partial charge in [-0.3, -0.25) is 0 Å². The van der Waals surface area contributed by atoms with Crippen molar-refractivity contribution in [2.45, 2.75) is 6.11 Å². The van der Waals surface area contributed by atoms with Crippen LogP contribution in [0.1, 0.15) is 10.4 Å². The first kappa shape index (κ1) is 16.4. The third-order valence-electron chi connectivity index (χ3n) is 1.91. The second-order valence-electron chi connectivity index (χ2n) is 3.11. The number of hydrogen-bond acceptors (Lipinski definition) is 4. The van der Waals surface area contributed by atoms with Crippen LogP contribution in [0.2, 0.25) is 0 Å². The predicted molar refractivity (Wildman–Crippen MR) is 61.8 cm³/mol. The molecular weight excluding hydrogens is 272 g/mol. The fraction of sp³-hybridized carbons (Fsp3) is 0.300. The van der Waals surface area contributed by atoms with Gasteiger partial charge in [0.15, 0.2) is 11.5 Å². The molecule has 0 fully saturated rings. The summed E-state index contributed by atoms with van der Waals surface area (Å²) in [5, 5.41) is 8.71. The molecule has 18 heavy (non-hydrogen) atoms. The number of carboxylic acid groups (broad SMARTS) is 1. The zero-order valence-electron chi connectivity index (χ0n) is 9.35. The number of halogens is 3. The van der Waals surface area contributed by atoms with E-state index in [1.54, 1.807) is 0 Å². The molecule has 0 saturated carbocycles. The van der Waals surface area contributed by atoms with Gasteiger partial charge in [-0.05, 0) is 18.2 Å². The monoisotopic (exact) mass is 283 g/mol. The lowest BCUT2D eigenvalue weighted by Gasteiger charge is -2.17. The van der Waals surface area contributed by atoms with Crippen LogP contribution in [0, 0.1) is 0 Å². The number of nitrogens with two attached hydrogens (primary N) is 1. The lowest BCUT2D eigenvalue weighted by atomic mass is 10.2. The highest BCUT2D eigenvalue weighted by molar-refractivity contribution is 5.88. The summed E-state index contributed by atoms with van der Waals surface area (Å²) in [5.41, 5.74) is 4.72. The maximum Gasteiger partial charge on any atom is 0.410 e. The minimum atomic E-state index is -3.53. The van der Waals surface area contributed by atoms with Gasteiger partial charge in [-0.15, -0.1) is 12.4 Å². The Morgan fingerprint density at radius 2 is 2.06 bits per heavy atom. The van der Waals surface area contributed by atoms with Crippen LogP contribution in [0.5, 0.6) is 11.5 Å². The van der Waals surface area contributed by atoms with E-state index in [1.165, 1.54) is 7.11 Å². The lowest BCUT2D eigenvalue weighted by Crippen LogP contribution is -2.34. The summed E-state index contributed by atoms with van der Waals surface area (Å²) in [5.74, 6) is -1.56. The van der Waals surface area contributed by atoms with Crippen LogP contribution in [0.4, 0.5) is 8.78 Å². The van der Waals surface area contributed by atoms with Gasteiger partial charge in [0.2, 0.25) is 0 Å². The number of rotatable bonds is 5. The molecule has 0 atom stereocenters. The molecule has 0 bridgehead atoms. The summed E-state index contributed by atoms with van der Waals surface area (Å²) in [6.45, 7) is -0.989. The molecule has 1 rings (SSSR count). The highest BCUT2D eigenvalue weighted by Gasteiger charge is 2.30. The van der Waals surface area contributed by atoms with Gasteiger partial charge in [0, 0.05) is 0 Å². The number of methoxy groups -OCH3 is 1. The number of carboxylic acids is 1. The second-order valence-corrected chi connectivity index (χ2v) is 3.11. The average molecular weight is 284 g/mol. The van der Waals surface area contributed by atoms with Crippen molar-refractivity contribution in [1.82, 2.24) is 0 Å². The molecule has 0 unspecified atom stereocenters. The van der Waals surface area contributed by atoms with Crippen molar-refractivity contribution in [3.05, 3.63) is 23.8 Å². The highest BCUT2D eigenvalue weighted by Crippen LogP contribution is 2.31. The van der Waals surface area contributed by atoms with Gasteiger partial charge in [-0.2, -0.15) is 8.78 Å². The van der Waals surface area contributed by atoms with Crippen LogP contribution in [0.3, 0.4) is 0 Å². The van der Waals surface area contributed by atoms with E-state index >= 15 is 0 Å². The molecule has 0 spiro atoms. The van der Waals surface area contributed by atoms with Crippen molar-refractivity contribution in [3.8, 4) is 11.5 Å². The highest BCUT2D eigenvalue weighted by atomic mass is 35.5. The van der Waals surface area contributed by atoms with Crippen LogP contribution in [0.15, 0.2) is 18.2 Å². The van der Waals surface area contributed by atoms with E-state index in [0.29, 0.717) is 0 Å². The molecule has 102 valence electrons. The first-order chi connectivity index (χ1) is 7.89. The van der Waals surface area contributed by atoms with E-state index in [2.05, 4.69) is 4.74 Å². The molecule has 1 aromatic carbocycles. The van der Waals surface area contributed by atoms with Gasteiger partial charge in [-0.25, -0.2) is 4.79 Å². The molecule has 0 aliphatic heterocycles. The fourth-order valence-electron chi connectivity index (χ4n) is 1.09. The Kier molecular flexibility index (Phi) is 5.80. The summed E-state index contributed by atoms with van der Waals surface area (Å²) in [7, 11) is 1.22. The summed E-state index contributed by atoms with van der Waals surface area (Å²) in [6, 6.07) is 3.31.